The van der Waals surface area contributed by atoms with E-state index in [-0.39, 0.29) is 11.4 Å². The van der Waals surface area contributed by atoms with Gasteiger partial charge < -0.3 is 4.74 Å². The smallest absolute Gasteiger partial charge is 0.311 e. The van der Waals surface area contributed by atoms with Crippen molar-refractivity contribution in [2.45, 2.75) is 24.8 Å². The van der Waals surface area contributed by atoms with Gasteiger partial charge in [0.2, 0.25) is 5.16 Å². The number of thioether (sulfide) groups is 1. The molecule has 0 saturated carbocycles. The van der Waals surface area contributed by atoms with Crippen LogP contribution in [0.1, 0.15) is 23.9 Å². The Balaban J connectivity index is 1.80. The van der Waals surface area contributed by atoms with E-state index >= 15 is 0 Å². The van der Waals surface area contributed by atoms with Gasteiger partial charge in [-0.1, -0.05) is 42.1 Å². The minimum Gasteiger partial charge on any atom is -0.487 e. The van der Waals surface area contributed by atoms with Crippen LogP contribution in [0.25, 0.3) is 0 Å². The van der Waals surface area contributed by atoms with E-state index in [0.717, 1.165) is 5.75 Å². The zero-order valence-corrected chi connectivity index (χ0v) is 16.3. The van der Waals surface area contributed by atoms with Gasteiger partial charge >= 0.3 is 5.69 Å². The lowest BCUT2D eigenvalue weighted by Crippen LogP contribution is -1.99. The second-order valence-electron chi connectivity index (χ2n) is 5.78. The van der Waals surface area contributed by atoms with Crippen LogP contribution in [0.5, 0.6) is 5.75 Å². The molecule has 0 atom stereocenters. The average molecular weight is 397 g/mol. The maximum Gasteiger partial charge on any atom is 0.311 e. The number of nitrogens with zero attached hydrogens (tertiary/aromatic N) is 5. The van der Waals surface area contributed by atoms with Gasteiger partial charge in [-0.3, -0.25) is 10.1 Å². The van der Waals surface area contributed by atoms with E-state index in [9.17, 15) is 10.1 Å². The van der Waals surface area contributed by atoms with Gasteiger partial charge in [0.25, 0.3) is 0 Å². The summed E-state index contributed by atoms with van der Waals surface area (Å²) in [6, 6.07) is 14.8. The lowest BCUT2D eigenvalue weighted by Gasteiger charge is -2.05. The maximum atomic E-state index is 11.3. The number of hydrogen-bond donors (Lipinski definition) is 0. The largest absolute Gasteiger partial charge is 0.487 e. The monoisotopic (exact) mass is 397 g/mol. The van der Waals surface area contributed by atoms with Gasteiger partial charge in [-0.05, 0) is 31.5 Å². The fourth-order valence-corrected chi connectivity index (χ4v) is 3.33. The Kier molecular flexibility index (Phi) is 6.38. The van der Waals surface area contributed by atoms with E-state index in [1.807, 2.05) is 30.3 Å². The zero-order chi connectivity index (χ0) is 19.9. The number of nitro groups is 1. The van der Waals surface area contributed by atoms with E-state index in [4.69, 9.17) is 4.74 Å². The Hall–Kier alpha value is -3.20. The molecule has 0 aliphatic heterocycles. The van der Waals surface area contributed by atoms with Crippen molar-refractivity contribution >= 4 is 23.7 Å². The summed E-state index contributed by atoms with van der Waals surface area (Å²) >= 11 is 1.52. The fraction of sp³-hybridized carbons (Fsp3) is 0.211. The second-order valence-corrected chi connectivity index (χ2v) is 6.72. The molecule has 0 spiro atoms. The lowest BCUT2D eigenvalue weighted by molar-refractivity contribution is -0.385. The Morgan fingerprint density at radius 2 is 2.04 bits per heavy atom. The van der Waals surface area contributed by atoms with Gasteiger partial charge in [0, 0.05) is 17.4 Å². The van der Waals surface area contributed by atoms with Gasteiger partial charge in [0.15, 0.2) is 11.6 Å². The van der Waals surface area contributed by atoms with Crippen molar-refractivity contribution in [1.29, 1.82) is 0 Å². The molecule has 8 nitrogen and oxygen atoms in total. The number of hydrogen-bond acceptors (Lipinski definition) is 7. The van der Waals surface area contributed by atoms with E-state index in [1.165, 1.54) is 23.4 Å². The summed E-state index contributed by atoms with van der Waals surface area (Å²) < 4.78 is 6.92. The minimum atomic E-state index is -0.465. The predicted molar refractivity (Wildman–Crippen MR) is 108 cm³/mol. The number of benzene rings is 2. The number of nitro benzene ring substituents is 1. The summed E-state index contributed by atoms with van der Waals surface area (Å²) in [5.74, 6) is 1.61. The highest BCUT2D eigenvalue weighted by Crippen LogP contribution is 2.27. The summed E-state index contributed by atoms with van der Waals surface area (Å²) in [4.78, 5) is 10.8. The molecule has 3 rings (SSSR count). The summed E-state index contributed by atoms with van der Waals surface area (Å²) in [5, 5.41) is 24.6. The molecule has 0 fully saturated rings. The molecule has 28 heavy (non-hydrogen) atoms. The number of aryl methyl sites for hydroxylation is 1. The first-order valence-corrected chi connectivity index (χ1v) is 9.61. The molecule has 9 heteroatoms. The first-order valence-electron chi connectivity index (χ1n) is 8.63. The number of aromatic nitrogens is 3. The SMILES string of the molecule is CCOc1ccc(/C=N/n2c(C)nnc2SCc2ccccc2)cc1[N+](=O)[O-]. The topological polar surface area (TPSA) is 95.4 Å². The molecule has 2 aromatic carbocycles. The van der Waals surface area contributed by atoms with Crippen molar-refractivity contribution in [3.05, 3.63) is 75.6 Å². The van der Waals surface area contributed by atoms with Crippen molar-refractivity contribution in [1.82, 2.24) is 14.9 Å². The quantitative estimate of drug-likeness (QED) is 0.246. The first-order chi connectivity index (χ1) is 13.6. The highest BCUT2D eigenvalue weighted by molar-refractivity contribution is 7.98. The van der Waals surface area contributed by atoms with Crippen molar-refractivity contribution in [3.8, 4) is 5.75 Å². The van der Waals surface area contributed by atoms with Crippen LogP contribution < -0.4 is 4.74 Å². The van der Waals surface area contributed by atoms with Crippen molar-refractivity contribution in [2.24, 2.45) is 5.10 Å². The van der Waals surface area contributed by atoms with Crippen molar-refractivity contribution in [2.75, 3.05) is 6.61 Å². The van der Waals surface area contributed by atoms with E-state index in [0.29, 0.717) is 23.2 Å². The van der Waals surface area contributed by atoms with Crippen molar-refractivity contribution in [3.63, 3.8) is 0 Å². The van der Waals surface area contributed by atoms with Crippen LogP contribution >= 0.6 is 11.8 Å². The molecular formula is C19H19N5O3S. The van der Waals surface area contributed by atoms with E-state index in [2.05, 4.69) is 15.3 Å². The van der Waals surface area contributed by atoms with Gasteiger partial charge in [0.05, 0.1) is 17.7 Å². The second kappa shape index (κ2) is 9.14. The third-order valence-corrected chi connectivity index (χ3v) is 4.77. The standard InChI is InChI=1S/C19H19N5O3S/c1-3-27-18-10-9-16(11-17(18)24(25)26)12-20-23-14(2)21-22-19(23)28-13-15-7-5-4-6-8-15/h4-12H,3,13H2,1-2H3/b20-12+. The molecule has 0 aliphatic rings. The summed E-state index contributed by atoms with van der Waals surface area (Å²) in [7, 11) is 0. The van der Waals surface area contributed by atoms with Crippen LogP contribution in [-0.2, 0) is 5.75 Å². The van der Waals surface area contributed by atoms with Crippen LogP contribution in [0.4, 0.5) is 5.69 Å². The van der Waals surface area contributed by atoms with Gasteiger partial charge in [-0.2, -0.15) is 9.78 Å². The van der Waals surface area contributed by atoms with Crippen LogP contribution in [0.2, 0.25) is 0 Å². The molecule has 144 valence electrons. The lowest BCUT2D eigenvalue weighted by atomic mass is 10.2. The molecule has 0 saturated heterocycles. The third-order valence-electron chi connectivity index (χ3n) is 3.78. The molecule has 0 N–H and O–H groups in total. The Morgan fingerprint density at radius 3 is 2.75 bits per heavy atom. The van der Waals surface area contributed by atoms with Crippen LogP contribution in [0.15, 0.2) is 58.8 Å². The minimum absolute atomic E-state index is 0.0926. The molecule has 1 heterocycles. The summed E-state index contributed by atoms with van der Waals surface area (Å²) in [5.41, 5.74) is 1.66. The zero-order valence-electron chi connectivity index (χ0n) is 15.5. The van der Waals surface area contributed by atoms with Gasteiger partial charge in [0.1, 0.15) is 0 Å². The van der Waals surface area contributed by atoms with E-state index < -0.39 is 4.92 Å². The fourth-order valence-electron chi connectivity index (χ4n) is 2.44. The highest BCUT2D eigenvalue weighted by atomic mass is 32.2. The molecule has 1 aromatic heterocycles. The van der Waals surface area contributed by atoms with Crippen LogP contribution in [0.3, 0.4) is 0 Å². The highest BCUT2D eigenvalue weighted by Gasteiger charge is 2.15. The third kappa shape index (κ3) is 4.74. The Labute approximate surface area is 166 Å². The van der Waals surface area contributed by atoms with Gasteiger partial charge in [-0.25, -0.2) is 0 Å². The maximum absolute atomic E-state index is 11.3. The molecule has 0 bridgehead atoms. The molecule has 0 aliphatic carbocycles. The van der Waals surface area contributed by atoms with Crippen molar-refractivity contribution < 1.29 is 9.66 Å². The van der Waals surface area contributed by atoms with Gasteiger partial charge in [-0.15, -0.1) is 10.2 Å². The molecule has 3 aromatic rings. The predicted octanol–water partition coefficient (Wildman–Crippen LogP) is 4.07. The first kappa shape index (κ1) is 19.6. The Bertz CT molecular complexity index is 988. The number of ether oxygens (including phenoxy) is 1. The average Bonchev–Trinajstić information content (AvgIpc) is 3.06. The van der Waals surface area contributed by atoms with Crippen LogP contribution in [0, 0.1) is 17.0 Å². The normalized spacial score (nSPS) is 11.1. The Morgan fingerprint density at radius 1 is 1.25 bits per heavy atom. The van der Waals surface area contributed by atoms with Crippen LogP contribution in [-0.4, -0.2) is 32.6 Å². The molecular weight excluding hydrogens is 378 g/mol. The molecule has 0 unspecified atom stereocenters. The molecule has 0 radical (unpaired) electrons. The summed E-state index contributed by atoms with van der Waals surface area (Å²) in [6.07, 6.45) is 1.55. The molecule has 0 amide bonds. The number of rotatable bonds is 8. The van der Waals surface area contributed by atoms with E-state index in [1.54, 1.807) is 36.9 Å². The summed E-state index contributed by atoms with van der Waals surface area (Å²) in [6.45, 7) is 3.94.